The lowest BCUT2D eigenvalue weighted by atomic mass is 10.0. The van der Waals surface area contributed by atoms with Gasteiger partial charge >= 0.3 is 0 Å². The van der Waals surface area contributed by atoms with E-state index in [2.05, 4.69) is 5.32 Å². The quantitative estimate of drug-likeness (QED) is 0.908. The number of ether oxygens (including phenoxy) is 1. The second-order valence-corrected chi connectivity index (χ2v) is 4.79. The fourth-order valence-electron chi connectivity index (χ4n) is 2.56. The molecule has 1 aromatic rings. The van der Waals surface area contributed by atoms with E-state index < -0.39 is 12.5 Å². The van der Waals surface area contributed by atoms with E-state index in [4.69, 9.17) is 4.74 Å². The molecule has 2 rings (SSSR count). The van der Waals surface area contributed by atoms with Crippen molar-refractivity contribution in [1.29, 1.82) is 0 Å². The van der Waals surface area contributed by atoms with Crippen LogP contribution in [0.25, 0.3) is 0 Å². The molecule has 3 nitrogen and oxygen atoms in total. The molecule has 19 heavy (non-hydrogen) atoms. The van der Waals surface area contributed by atoms with Gasteiger partial charge in [-0.05, 0) is 24.1 Å². The van der Waals surface area contributed by atoms with E-state index in [-0.39, 0.29) is 0 Å². The highest BCUT2D eigenvalue weighted by Crippen LogP contribution is 2.30. The number of hydrogen-bond acceptors (Lipinski definition) is 3. The molecule has 1 aromatic carbocycles. The van der Waals surface area contributed by atoms with Crippen molar-refractivity contribution < 1.29 is 13.5 Å². The third kappa shape index (κ3) is 3.22. The van der Waals surface area contributed by atoms with Crippen LogP contribution in [0.5, 0.6) is 5.75 Å². The van der Waals surface area contributed by atoms with Gasteiger partial charge < -0.3 is 10.1 Å². The molecule has 5 heteroatoms. The van der Waals surface area contributed by atoms with Crippen LogP contribution in [0.2, 0.25) is 0 Å². The van der Waals surface area contributed by atoms with Crippen molar-refractivity contribution in [2.24, 2.45) is 0 Å². The zero-order valence-electron chi connectivity index (χ0n) is 11.3. The second kappa shape index (κ2) is 6.30. The summed E-state index contributed by atoms with van der Waals surface area (Å²) in [4.78, 5) is 1.85. The molecule has 0 aliphatic carbocycles. The normalized spacial score (nSPS) is 18.6. The maximum atomic E-state index is 13.4. The van der Waals surface area contributed by atoms with Crippen LogP contribution < -0.4 is 10.1 Å². The number of alkyl halides is 2. The van der Waals surface area contributed by atoms with Gasteiger partial charge in [-0.1, -0.05) is 12.1 Å². The van der Waals surface area contributed by atoms with Gasteiger partial charge in [0.1, 0.15) is 5.75 Å². The number of halogens is 2. The molecular formula is C14H20F2N2O. The molecule has 1 aliphatic rings. The molecule has 1 atom stereocenters. The molecule has 0 spiro atoms. The Morgan fingerprint density at radius 2 is 1.95 bits per heavy atom. The molecule has 0 saturated carbocycles. The lowest BCUT2D eigenvalue weighted by Gasteiger charge is -2.34. The molecule has 0 aromatic heterocycles. The first-order chi connectivity index (χ1) is 9.13. The van der Waals surface area contributed by atoms with Gasteiger partial charge in [0.15, 0.2) is 0 Å². The summed E-state index contributed by atoms with van der Waals surface area (Å²) < 4.78 is 32.0. The number of methoxy groups -OCH3 is 1. The third-order valence-corrected chi connectivity index (χ3v) is 3.54. The summed E-state index contributed by atoms with van der Waals surface area (Å²) in [6.07, 6.45) is -2.38. The van der Waals surface area contributed by atoms with E-state index in [1.54, 1.807) is 25.3 Å². The smallest absolute Gasteiger partial charge is 0.258 e. The second-order valence-electron chi connectivity index (χ2n) is 4.79. The minimum atomic E-state index is -2.38. The maximum absolute atomic E-state index is 13.4. The van der Waals surface area contributed by atoms with Crippen molar-refractivity contribution in [3.8, 4) is 5.75 Å². The van der Waals surface area contributed by atoms with E-state index in [9.17, 15) is 8.78 Å². The first-order valence-electron chi connectivity index (χ1n) is 6.51. The van der Waals surface area contributed by atoms with Crippen LogP contribution in [0.15, 0.2) is 18.2 Å². The number of nitrogens with one attached hydrogen (secondary N) is 1. The van der Waals surface area contributed by atoms with Crippen LogP contribution in [-0.4, -0.2) is 44.6 Å². The van der Waals surface area contributed by atoms with Crippen LogP contribution in [0.3, 0.4) is 0 Å². The lowest BCUT2D eigenvalue weighted by Crippen LogP contribution is -2.46. The number of rotatable bonds is 4. The topological polar surface area (TPSA) is 24.5 Å². The van der Waals surface area contributed by atoms with Gasteiger partial charge in [-0.15, -0.1) is 0 Å². The van der Waals surface area contributed by atoms with E-state index in [0.717, 1.165) is 24.4 Å². The first kappa shape index (κ1) is 14.2. The predicted octanol–water partition coefficient (Wildman–Crippen LogP) is 2.22. The van der Waals surface area contributed by atoms with Crippen molar-refractivity contribution in [3.05, 3.63) is 29.3 Å². The number of benzene rings is 1. The standard InChI is InChI=1S/C14H20F2N2O/c1-10-9-11(3-4-12(10)19-2)13(14(15)16)18-7-5-17-6-8-18/h3-4,9,13-14,17H,5-8H2,1-2H3/t13-/m1/s1. The molecule has 0 unspecified atom stereocenters. The molecule has 0 bridgehead atoms. The molecule has 1 fully saturated rings. The number of nitrogens with zero attached hydrogens (tertiary/aromatic N) is 1. The summed E-state index contributed by atoms with van der Waals surface area (Å²) in [7, 11) is 1.59. The summed E-state index contributed by atoms with van der Waals surface area (Å²) in [6, 6.07) is 4.48. The van der Waals surface area contributed by atoms with Crippen LogP contribution in [0.1, 0.15) is 17.2 Å². The lowest BCUT2D eigenvalue weighted by molar-refractivity contribution is 0.0181. The Labute approximate surface area is 112 Å². The molecule has 1 aliphatic heterocycles. The largest absolute Gasteiger partial charge is 0.496 e. The molecule has 1 saturated heterocycles. The Bertz CT molecular complexity index is 420. The van der Waals surface area contributed by atoms with Crippen LogP contribution in [-0.2, 0) is 0 Å². The number of aryl methyl sites for hydroxylation is 1. The Morgan fingerprint density at radius 3 is 2.47 bits per heavy atom. The predicted molar refractivity (Wildman–Crippen MR) is 70.9 cm³/mol. The van der Waals surface area contributed by atoms with E-state index in [0.29, 0.717) is 18.7 Å². The van der Waals surface area contributed by atoms with Crippen molar-refractivity contribution in [2.45, 2.75) is 19.4 Å². The summed E-state index contributed by atoms with van der Waals surface area (Å²) in [6.45, 7) is 4.71. The van der Waals surface area contributed by atoms with Crippen molar-refractivity contribution in [1.82, 2.24) is 10.2 Å². The zero-order valence-corrected chi connectivity index (χ0v) is 11.3. The van der Waals surface area contributed by atoms with Gasteiger partial charge in [-0.2, -0.15) is 0 Å². The highest BCUT2D eigenvalue weighted by molar-refractivity contribution is 5.37. The van der Waals surface area contributed by atoms with Crippen LogP contribution in [0, 0.1) is 6.92 Å². The Kier molecular flexibility index (Phi) is 4.71. The Morgan fingerprint density at radius 1 is 1.26 bits per heavy atom. The average Bonchev–Trinajstić information content (AvgIpc) is 2.40. The molecule has 0 amide bonds. The monoisotopic (exact) mass is 270 g/mol. The molecule has 1 N–H and O–H groups in total. The number of piperazine rings is 1. The van der Waals surface area contributed by atoms with Gasteiger partial charge in [0.2, 0.25) is 0 Å². The van der Waals surface area contributed by atoms with Gasteiger partial charge in [0.25, 0.3) is 6.43 Å². The summed E-state index contributed by atoms with van der Waals surface area (Å²) >= 11 is 0. The minimum Gasteiger partial charge on any atom is -0.496 e. The molecular weight excluding hydrogens is 250 g/mol. The van der Waals surface area contributed by atoms with E-state index in [1.165, 1.54) is 0 Å². The third-order valence-electron chi connectivity index (χ3n) is 3.54. The Balaban J connectivity index is 2.25. The van der Waals surface area contributed by atoms with E-state index >= 15 is 0 Å². The zero-order chi connectivity index (χ0) is 13.8. The maximum Gasteiger partial charge on any atom is 0.258 e. The summed E-state index contributed by atoms with van der Waals surface area (Å²) in [5.74, 6) is 0.733. The van der Waals surface area contributed by atoms with Crippen molar-refractivity contribution in [2.75, 3.05) is 33.3 Å². The van der Waals surface area contributed by atoms with Gasteiger partial charge in [-0.25, -0.2) is 8.78 Å². The van der Waals surface area contributed by atoms with Gasteiger partial charge in [-0.3, -0.25) is 4.90 Å². The SMILES string of the molecule is COc1ccc([C@H](C(F)F)N2CCNCC2)cc1C. The molecule has 1 heterocycles. The first-order valence-corrected chi connectivity index (χ1v) is 6.51. The van der Waals surface area contributed by atoms with Crippen LogP contribution in [0.4, 0.5) is 8.78 Å². The average molecular weight is 270 g/mol. The number of hydrogen-bond donors (Lipinski definition) is 1. The summed E-state index contributed by atoms with van der Waals surface area (Å²) in [5.41, 5.74) is 1.55. The minimum absolute atomic E-state index is 0.653. The van der Waals surface area contributed by atoms with Gasteiger partial charge in [0.05, 0.1) is 13.2 Å². The van der Waals surface area contributed by atoms with Crippen molar-refractivity contribution >= 4 is 0 Å². The Hall–Kier alpha value is -1.20. The fourth-order valence-corrected chi connectivity index (χ4v) is 2.56. The molecule has 0 radical (unpaired) electrons. The highest BCUT2D eigenvalue weighted by atomic mass is 19.3. The summed E-state index contributed by atoms with van der Waals surface area (Å²) in [5, 5.41) is 3.18. The molecule has 106 valence electrons. The fraction of sp³-hybridized carbons (Fsp3) is 0.571. The highest BCUT2D eigenvalue weighted by Gasteiger charge is 2.30. The van der Waals surface area contributed by atoms with Crippen molar-refractivity contribution in [3.63, 3.8) is 0 Å². The van der Waals surface area contributed by atoms with E-state index in [1.807, 2.05) is 11.8 Å². The van der Waals surface area contributed by atoms with Crippen LogP contribution >= 0.6 is 0 Å². The van der Waals surface area contributed by atoms with Gasteiger partial charge in [0, 0.05) is 26.2 Å².